The summed E-state index contributed by atoms with van der Waals surface area (Å²) in [6, 6.07) is 0. The number of carbonyl (C=O) groups is 1. The first-order valence-electron chi connectivity index (χ1n) is 4.32. The highest BCUT2D eigenvalue weighted by Gasteiger charge is 2.32. The van der Waals surface area contributed by atoms with E-state index in [-0.39, 0.29) is 5.11 Å². The Kier molecular flexibility index (Phi) is 6.53. The summed E-state index contributed by atoms with van der Waals surface area (Å²) in [5, 5.41) is 47.7. The summed E-state index contributed by atoms with van der Waals surface area (Å²) in [4.78, 5) is 10.7. The van der Waals surface area contributed by atoms with E-state index in [4.69, 9.17) is 21.1 Å². The number of carboxylic acids is 1. The van der Waals surface area contributed by atoms with Crippen LogP contribution in [0.15, 0.2) is 5.10 Å². The third-order valence-corrected chi connectivity index (χ3v) is 1.78. The van der Waals surface area contributed by atoms with E-state index in [0.29, 0.717) is 0 Å². The maximum absolute atomic E-state index is 10.7. The van der Waals surface area contributed by atoms with Crippen molar-refractivity contribution in [3.63, 3.8) is 0 Å². The zero-order valence-corrected chi connectivity index (χ0v) is 9.33. The van der Waals surface area contributed by atoms with Gasteiger partial charge in [-0.15, -0.1) is 0 Å². The van der Waals surface area contributed by atoms with Crippen LogP contribution in [-0.2, 0) is 4.79 Å². The highest BCUT2D eigenvalue weighted by molar-refractivity contribution is 7.80. The number of nitrogens with two attached hydrogens (primary N) is 1. The fourth-order valence-corrected chi connectivity index (χ4v) is 0.882. The Balaban J connectivity index is 4.88. The Hall–Kier alpha value is -1.33. The second-order valence-corrected chi connectivity index (χ2v) is 3.40. The van der Waals surface area contributed by atoms with Crippen molar-refractivity contribution in [1.29, 1.82) is 0 Å². The molecule has 0 aromatic rings. The molecule has 0 saturated carbocycles. The number of nitrogens with one attached hydrogen (secondary N) is 1. The first kappa shape index (κ1) is 15.7. The van der Waals surface area contributed by atoms with Crippen LogP contribution in [-0.4, -0.2) is 67.2 Å². The molecule has 0 aliphatic carbocycles. The molecule has 0 bridgehead atoms. The summed E-state index contributed by atoms with van der Waals surface area (Å²) in [6.07, 6.45) is -5.64. The van der Waals surface area contributed by atoms with Crippen molar-refractivity contribution in [1.82, 2.24) is 5.43 Å². The zero-order chi connectivity index (χ0) is 13.6. The monoisotopic (exact) mass is 267 g/mol. The van der Waals surface area contributed by atoms with Gasteiger partial charge in [-0.05, 0) is 12.2 Å². The Bertz CT molecular complexity index is 323. The minimum atomic E-state index is -2.02. The molecule has 9 nitrogen and oxygen atoms in total. The molecule has 10 heteroatoms. The number of thiocarbonyl (C=S) groups is 1. The van der Waals surface area contributed by atoms with Crippen molar-refractivity contribution in [3.05, 3.63) is 0 Å². The average molecular weight is 267 g/mol. The van der Waals surface area contributed by atoms with E-state index in [2.05, 4.69) is 17.3 Å². The molecule has 0 amide bonds. The molecule has 0 aliphatic rings. The Morgan fingerprint density at radius 2 is 1.94 bits per heavy atom. The number of aliphatic hydroxyl groups excluding tert-OH is 4. The highest BCUT2D eigenvalue weighted by Crippen LogP contribution is 2.02. The maximum atomic E-state index is 10.7. The van der Waals surface area contributed by atoms with Gasteiger partial charge in [0, 0.05) is 0 Å². The predicted molar refractivity (Wildman–Crippen MR) is 60.1 cm³/mol. The van der Waals surface area contributed by atoms with Crippen molar-refractivity contribution >= 4 is 29.0 Å². The standard InChI is InChI=1S/C7H13N3O6S/c8-7(17)10-9-3(6(15)16)5(14)4(13)2(12)1-11/h2,4-5,11-14H,1H2,(H,15,16)(H3,8,10,17)/b9-3+/t2-,4+,5-/m0/s1. The summed E-state index contributed by atoms with van der Waals surface area (Å²) in [7, 11) is 0. The number of nitrogens with zero attached hydrogens (tertiary/aromatic N) is 1. The molecule has 0 saturated heterocycles. The van der Waals surface area contributed by atoms with Crippen LogP contribution in [0, 0.1) is 0 Å². The molecular weight excluding hydrogens is 254 g/mol. The van der Waals surface area contributed by atoms with Crippen molar-refractivity contribution in [2.24, 2.45) is 10.8 Å². The molecule has 0 aromatic heterocycles. The second kappa shape index (κ2) is 7.09. The predicted octanol–water partition coefficient (Wildman–Crippen LogP) is -3.66. The van der Waals surface area contributed by atoms with Crippen LogP contribution in [0.1, 0.15) is 0 Å². The normalized spacial score (nSPS) is 17.1. The number of carboxylic acid groups (broad SMARTS) is 1. The Labute approximate surface area is 101 Å². The molecule has 17 heavy (non-hydrogen) atoms. The zero-order valence-electron chi connectivity index (χ0n) is 8.52. The van der Waals surface area contributed by atoms with E-state index in [1.54, 1.807) is 0 Å². The molecule has 0 heterocycles. The van der Waals surface area contributed by atoms with Crippen LogP contribution in [0.3, 0.4) is 0 Å². The quantitative estimate of drug-likeness (QED) is 0.146. The third-order valence-electron chi connectivity index (χ3n) is 1.69. The lowest BCUT2D eigenvalue weighted by Gasteiger charge is -2.20. The lowest BCUT2D eigenvalue weighted by Crippen LogP contribution is -2.47. The highest BCUT2D eigenvalue weighted by atomic mass is 32.1. The lowest BCUT2D eigenvalue weighted by atomic mass is 10.0. The molecule has 8 N–H and O–H groups in total. The van der Waals surface area contributed by atoms with Crippen LogP contribution in [0.25, 0.3) is 0 Å². The van der Waals surface area contributed by atoms with Crippen molar-refractivity contribution < 1.29 is 30.3 Å². The van der Waals surface area contributed by atoms with Gasteiger partial charge in [-0.2, -0.15) is 5.10 Å². The van der Waals surface area contributed by atoms with Gasteiger partial charge in [0.25, 0.3) is 0 Å². The van der Waals surface area contributed by atoms with E-state index < -0.39 is 36.6 Å². The van der Waals surface area contributed by atoms with Crippen LogP contribution >= 0.6 is 12.2 Å². The summed E-state index contributed by atoms with van der Waals surface area (Å²) in [5.74, 6) is -1.65. The van der Waals surface area contributed by atoms with Crippen molar-refractivity contribution in [3.8, 4) is 0 Å². The molecular formula is C7H13N3O6S. The SMILES string of the molecule is NC(=S)N/N=C(/C(=O)O)[C@H](O)[C@H](O)[C@@H](O)CO. The molecule has 0 radical (unpaired) electrons. The molecule has 0 rings (SSSR count). The minimum Gasteiger partial charge on any atom is -0.477 e. The van der Waals surface area contributed by atoms with Crippen LogP contribution in [0.2, 0.25) is 0 Å². The van der Waals surface area contributed by atoms with Gasteiger partial charge >= 0.3 is 5.97 Å². The van der Waals surface area contributed by atoms with Gasteiger partial charge in [0.1, 0.15) is 18.3 Å². The van der Waals surface area contributed by atoms with E-state index >= 15 is 0 Å². The molecule has 98 valence electrons. The van der Waals surface area contributed by atoms with E-state index in [9.17, 15) is 15.0 Å². The minimum absolute atomic E-state index is 0.340. The first-order valence-corrected chi connectivity index (χ1v) is 4.73. The van der Waals surface area contributed by atoms with Gasteiger partial charge in [-0.3, -0.25) is 5.43 Å². The van der Waals surface area contributed by atoms with E-state index in [0.717, 1.165) is 0 Å². The average Bonchev–Trinajstić information content (AvgIpc) is 2.25. The largest absolute Gasteiger partial charge is 0.477 e. The fraction of sp³-hybridized carbons (Fsp3) is 0.571. The summed E-state index contributed by atoms with van der Waals surface area (Å²) >= 11 is 4.36. The van der Waals surface area contributed by atoms with Crippen LogP contribution in [0.4, 0.5) is 0 Å². The van der Waals surface area contributed by atoms with Gasteiger partial charge in [-0.25, -0.2) is 4.79 Å². The number of aliphatic hydroxyl groups is 4. The van der Waals surface area contributed by atoms with Gasteiger partial charge in [-0.1, -0.05) is 0 Å². The van der Waals surface area contributed by atoms with Gasteiger partial charge < -0.3 is 31.3 Å². The summed E-state index contributed by atoms with van der Waals surface area (Å²) < 4.78 is 0. The van der Waals surface area contributed by atoms with Crippen LogP contribution in [0.5, 0.6) is 0 Å². The molecule has 0 fully saturated rings. The number of hydrazone groups is 1. The maximum Gasteiger partial charge on any atom is 0.354 e. The topological polar surface area (TPSA) is 169 Å². The molecule has 3 atom stereocenters. The van der Waals surface area contributed by atoms with Gasteiger partial charge in [0.05, 0.1) is 6.61 Å². The number of aliphatic carboxylic acids is 1. The number of hydrogen-bond donors (Lipinski definition) is 7. The van der Waals surface area contributed by atoms with E-state index in [1.165, 1.54) is 0 Å². The molecule has 0 spiro atoms. The van der Waals surface area contributed by atoms with Crippen molar-refractivity contribution in [2.45, 2.75) is 18.3 Å². The van der Waals surface area contributed by atoms with Gasteiger partial charge in [0.15, 0.2) is 10.8 Å². The lowest BCUT2D eigenvalue weighted by molar-refractivity contribution is -0.130. The first-order chi connectivity index (χ1) is 7.81. The summed E-state index contributed by atoms with van der Waals surface area (Å²) in [5.41, 5.74) is 6.01. The second-order valence-electron chi connectivity index (χ2n) is 2.96. The van der Waals surface area contributed by atoms with E-state index in [1.807, 2.05) is 5.43 Å². The molecule has 0 aliphatic heterocycles. The van der Waals surface area contributed by atoms with Gasteiger partial charge in [0.2, 0.25) is 0 Å². The third kappa shape index (κ3) is 5.01. The smallest absolute Gasteiger partial charge is 0.354 e. The fourth-order valence-electron chi connectivity index (χ4n) is 0.836. The van der Waals surface area contributed by atoms with Crippen molar-refractivity contribution in [2.75, 3.05) is 6.61 Å². The summed E-state index contributed by atoms with van der Waals surface area (Å²) in [6.45, 7) is -0.853. The Morgan fingerprint density at radius 3 is 2.29 bits per heavy atom. The number of rotatable bonds is 6. The molecule has 0 unspecified atom stereocenters. The number of hydrogen-bond acceptors (Lipinski definition) is 7. The van der Waals surface area contributed by atoms with Crippen LogP contribution < -0.4 is 11.2 Å². The Morgan fingerprint density at radius 1 is 1.41 bits per heavy atom. The molecule has 0 aromatic carbocycles.